The van der Waals surface area contributed by atoms with Crippen molar-refractivity contribution in [2.45, 2.75) is 30.6 Å². The van der Waals surface area contributed by atoms with Gasteiger partial charge in [-0.15, -0.1) is 0 Å². The predicted octanol–water partition coefficient (Wildman–Crippen LogP) is 1.38. The van der Waals surface area contributed by atoms with E-state index in [9.17, 15) is 8.42 Å². The third-order valence-corrected chi connectivity index (χ3v) is 7.82. The molecular formula is C18H22N6O3S. The van der Waals surface area contributed by atoms with Crippen LogP contribution in [0, 0.1) is 0 Å². The molecule has 0 spiro atoms. The van der Waals surface area contributed by atoms with Gasteiger partial charge in [-0.2, -0.15) is 5.10 Å². The van der Waals surface area contributed by atoms with Crippen LogP contribution in [0.4, 0.5) is 5.82 Å². The first-order valence-corrected chi connectivity index (χ1v) is 11.2. The zero-order chi connectivity index (χ0) is 19.5. The van der Waals surface area contributed by atoms with Gasteiger partial charge in [-0.3, -0.25) is 9.50 Å². The molecule has 0 radical (unpaired) electrons. The van der Waals surface area contributed by atoms with Gasteiger partial charge in [0.25, 0.3) is 0 Å². The van der Waals surface area contributed by atoms with Crippen LogP contribution in [0.15, 0.2) is 24.7 Å². The lowest BCUT2D eigenvalue weighted by molar-refractivity contribution is 0.0985. The largest absolute Gasteiger partial charge is 0.377 e. The fourth-order valence-corrected chi connectivity index (χ4v) is 5.41. The number of anilines is 1. The summed E-state index contributed by atoms with van der Waals surface area (Å²) in [6.07, 6.45) is 5.86. The molecule has 1 saturated carbocycles. The van der Waals surface area contributed by atoms with Crippen molar-refractivity contribution in [2.24, 2.45) is 0 Å². The molecule has 10 heteroatoms. The Hall–Kier alpha value is -2.46. The molecule has 148 valence electrons. The lowest BCUT2D eigenvalue weighted by Crippen LogP contribution is -2.44. The second-order valence-corrected chi connectivity index (χ2v) is 9.97. The average Bonchev–Trinajstić information content (AvgIpc) is 3.11. The monoisotopic (exact) mass is 402 g/mol. The molecule has 28 heavy (non-hydrogen) atoms. The smallest absolute Gasteiger partial charge is 0.168 e. The topological polar surface area (TPSA) is 105 Å². The lowest BCUT2D eigenvalue weighted by atomic mass is 10.2. The molecule has 1 N–H and O–H groups in total. The number of nitrogens with zero attached hydrogens (tertiary/aromatic N) is 5. The molecule has 1 saturated heterocycles. The molecule has 1 atom stereocenters. The Balaban J connectivity index is 1.76. The van der Waals surface area contributed by atoms with Crippen molar-refractivity contribution in [2.75, 3.05) is 30.9 Å². The maximum atomic E-state index is 12.6. The summed E-state index contributed by atoms with van der Waals surface area (Å²) in [5.74, 6) is 0.759. The number of aromatic nitrogens is 5. The Morgan fingerprint density at radius 2 is 2.18 bits per heavy atom. The third kappa shape index (κ3) is 2.55. The summed E-state index contributed by atoms with van der Waals surface area (Å²) in [6, 6.07) is 3.90. The summed E-state index contributed by atoms with van der Waals surface area (Å²) in [4.78, 5) is 11.6. The number of aromatic amines is 1. The van der Waals surface area contributed by atoms with Crippen LogP contribution in [0.1, 0.15) is 25.5 Å². The number of hydrogen-bond donors (Lipinski definition) is 1. The standard InChI is InChI=1S/C18H22N6O3S/c1-12-10-27-8-7-23(12)15-9-14(18(4-5-18)28(2,25)26)24-11-19-16(17(24)21-15)13-3-6-20-22-13/h3,6,9,11-12H,4-5,7-8,10H2,1-2H3,(H,20,22)/t12-/m1/s1. The van der Waals surface area contributed by atoms with E-state index in [4.69, 9.17) is 9.72 Å². The van der Waals surface area contributed by atoms with Crippen LogP contribution < -0.4 is 4.90 Å². The molecule has 2 fully saturated rings. The Kier molecular flexibility index (Phi) is 3.79. The first kappa shape index (κ1) is 17.6. The molecule has 0 amide bonds. The maximum absolute atomic E-state index is 12.6. The summed E-state index contributed by atoms with van der Waals surface area (Å²) in [5.41, 5.74) is 2.76. The summed E-state index contributed by atoms with van der Waals surface area (Å²) >= 11 is 0. The average molecular weight is 402 g/mol. The van der Waals surface area contributed by atoms with Gasteiger partial charge in [0.15, 0.2) is 15.5 Å². The van der Waals surface area contributed by atoms with Gasteiger partial charge in [-0.25, -0.2) is 18.4 Å². The van der Waals surface area contributed by atoms with E-state index < -0.39 is 14.6 Å². The van der Waals surface area contributed by atoms with E-state index in [0.717, 1.165) is 17.2 Å². The summed E-state index contributed by atoms with van der Waals surface area (Å²) < 4.78 is 31.8. The molecule has 5 rings (SSSR count). The number of imidazole rings is 1. The van der Waals surface area contributed by atoms with Gasteiger partial charge in [0.05, 0.1) is 30.6 Å². The van der Waals surface area contributed by atoms with Crippen molar-refractivity contribution in [1.82, 2.24) is 24.6 Å². The maximum Gasteiger partial charge on any atom is 0.168 e. The van der Waals surface area contributed by atoms with Crippen molar-refractivity contribution in [1.29, 1.82) is 0 Å². The van der Waals surface area contributed by atoms with E-state index in [0.29, 0.717) is 43.9 Å². The molecule has 3 aromatic heterocycles. The second-order valence-electron chi connectivity index (χ2n) is 7.64. The van der Waals surface area contributed by atoms with Gasteiger partial charge in [0.1, 0.15) is 22.6 Å². The number of ether oxygens (including phenoxy) is 1. The van der Waals surface area contributed by atoms with E-state index in [1.54, 1.807) is 12.5 Å². The van der Waals surface area contributed by atoms with E-state index in [-0.39, 0.29) is 6.04 Å². The molecule has 4 heterocycles. The van der Waals surface area contributed by atoms with Crippen LogP contribution in [0.2, 0.25) is 0 Å². The van der Waals surface area contributed by atoms with Crippen molar-refractivity contribution in [3.8, 4) is 11.4 Å². The number of rotatable bonds is 4. The summed E-state index contributed by atoms with van der Waals surface area (Å²) in [7, 11) is -3.28. The highest BCUT2D eigenvalue weighted by Gasteiger charge is 2.55. The molecule has 1 aliphatic carbocycles. The van der Waals surface area contributed by atoms with Gasteiger partial charge < -0.3 is 9.64 Å². The van der Waals surface area contributed by atoms with Crippen LogP contribution >= 0.6 is 0 Å². The normalized spacial score (nSPS) is 21.9. The van der Waals surface area contributed by atoms with E-state index in [1.165, 1.54) is 6.26 Å². The minimum atomic E-state index is -3.28. The SMILES string of the molecule is C[C@@H]1COCCN1c1cc(C2(S(C)(=O)=O)CC2)n2cnc(-c3ccn[nH]3)c2n1. The minimum absolute atomic E-state index is 0.156. The minimum Gasteiger partial charge on any atom is -0.377 e. The van der Waals surface area contributed by atoms with E-state index >= 15 is 0 Å². The summed E-state index contributed by atoms with van der Waals surface area (Å²) in [5, 5.41) is 6.93. The Bertz CT molecular complexity index is 1130. The number of fused-ring (bicyclic) bond motifs is 1. The predicted molar refractivity (Wildman–Crippen MR) is 104 cm³/mol. The Labute approximate surface area is 162 Å². The Morgan fingerprint density at radius 3 is 2.82 bits per heavy atom. The van der Waals surface area contributed by atoms with Gasteiger partial charge in [-0.1, -0.05) is 0 Å². The van der Waals surface area contributed by atoms with Crippen LogP contribution in [0.25, 0.3) is 17.0 Å². The molecule has 1 aliphatic heterocycles. The second kappa shape index (κ2) is 6.02. The number of nitrogens with one attached hydrogen (secondary N) is 1. The number of H-pyrrole nitrogens is 1. The fraction of sp³-hybridized carbons (Fsp3) is 0.500. The highest BCUT2D eigenvalue weighted by Crippen LogP contribution is 2.53. The van der Waals surface area contributed by atoms with Crippen molar-refractivity contribution >= 4 is 21.3 Å². The van der Waals surface area contributed by atoms with Gasteiger partial charge >= 0.3 is 0 Å². The van der Waals surface area contributed by atoms with Crippen molar-refractivity contribution in [3.63, 3.8) is 0 Å². The van der Waals surface area contributed by atoms with Gasteiger partial charge in [0.2, 0.25) is 0 Å². The quantitative estimate of drug-likeness (QED) is 0.703. The highest BCUT2D eigenvalue weighted by atomic mass is 32.2. The lowest BCUT2D eigenvalue weighted by Gasteiger charge is -2.34. The zero-order valence-corrected chi connectivity index (χ0v) is 16.6. The molecule has 9 nitrogen and oxygen atoms in total. The fourth-order valence-electron chi connectivity index (χ4n) is 4.03. The van der Waals surface area contributed by atoms with Gasteiger partial charge in [-0.05, 0) is 25.8 Å². The Morgan fingerprint density at radius 1 is 1.36 bits per heavy atom. The molecular weight excluding hydrogens is 380 g/mol. The first-order valence-electron chi connectivity index (χ1n) is 9.33. The molecule has 3 aromatic rings. The number of morpholine rings is 1. The number of sulfone groups is 1. The van der Waals surface area contributed by atoms with E-state index in [1.807, 2.05) is 16.5 Å². The molecule has 0 aromatic carbocycles. The first-order chi connectivity index (χ1) is 13.4. The van der Waals surface area contributed by atoms with Crippen LogP contribution in [-0.4, -0.2) is 65.0 Å². The van der Waals surface area contributed by atoms with Crippen molar-refractivity contribution < 1.29 is 13.2 Å². The third-order valence-electron chi connectivity index (χ3n) is 5.79. The van der Waals surface area contributed by atoms with Crippen molar-refractivity contribution in [3.05, 3.63) is 30.4 Å². The number of hydrogen-bond acceptors (Lipinski definition) is 7. The van der Waals surface area contributed by atoms with E-state index in [2.05, 4.69) is 27.0 Å². The van der Waals surface area contributed by atoms with Crippen LogP contribution in [0.3, 0.4) is 0 Å². The summed E-state index contributed by atoms with van der Waals surface area (Å²) in [6.45, 7) is 4.03. The molecule has 0 bridgehead atoms. The molecule has 2 aliphatic rings. The van der Waals surface area contributed by atoms with Crippen LogP contribution in [0.5, 0.6) is 0 Å². The van der Waals surface area contributed by atoms with Crippen LogP contribution in [-0.2, 0) is 19.3 Å². The zero-order valence-electron chi connectivity index (χ0n) is 15.8. The molecule has 0 unspecified atom stereocenters. The highest BCUT2D eigenvalue weighted by molar-refractivity contribution is 7.91. The van der Waals surface area contributed by atoms with Gasteiger partial charge in [0, 0.05) is 25.1 Å².